The molecule has 1 saturated carbocycles. The van der Waals surface area contributed by atoms with E-state index in [1.807, 2.05) is 0 Å². The largest absolute Gasteiger partial charge is 0.361 e. The van der Waals surface area contributed by atoms with Crippen LogP contribution in [0.4, 0.5) is 0 Å². The molecular formula is C19H29N5O. The maximum absolute atomic E-state index is 5.54. The van der Waals surface area contributed by atoms with Crippen molar-refractivity contribution < 1.29 is 4.52 Å². The van der Waals surface area contributed by atoms with Crippen LogP contribution >= 0.6 is 0 Å². The van der Waals surface area contributed by atoms with E-state index in [-0.39, 0.29) is 11.5 Å². The molecule has 25 heavy (non-hydrogen) atoms. The number of hydrogen-bond donors (Lipinski definition) is 0. The highest BCUT2D eigenvalue weighted by molar-refractivity contribution is 5.14. The molecule has 6 nitrogen and oxygen atoms in total. The van der Waals surface area contributed by atoms with Crippen molar-refractivity contribution >= 4 is 0 Å². The summed E-state index contributed by atoms with van der Waals surface area (Å²) in [5.74, 6) is 3.88. The molecule has 2 aliphatic rings. The molecule has 0 N–H and O–H groups in total. The molecule has 1 fully saturated rings. The zero-order valence-corrected chi connectivity index (χ0v) is 15.8. The fourth-order valence-corrected chi connectivity index (χ4v) is 4.10. The van der Waals surface area contributed by atoms with Crippen LogP contribution in [0.15, 0.2) is 10.6 Å². The minimum Gasteiger partial charge on any atom is -0.361 e. The Labute approximate surface area is 149 Å². The van der Waals surface area contributed by atoms with Crippen LogP contribution < -0.4 is 0 Å². The molecule has 0 aromatic carbocycles. The lowest BCUT2D eigenvalue weighted by atomic mass is 9.93. The van der Waals surface area contributed by atoms with Crippen molar-refractivity contribution in [2.75, 3.05) is 6.54 Å². The van der Waals surface area contributed by atoms with Gasteiger partial charge in [-0.3, -0.25) is 4.90 Å². The summed E-state index contributed by atoms with van der Waals surface area (Å²) in [6.07, 6.45) is 5.20. The van der Waals surface area contributed by atoms with Crippen LogP contribution in [-0.2, 0) is 18.5 Å². The molecular weight excluding hydrogens is 314 g/mol. The highest BCUT2D eigenvalue weighted by atomic mass is 16.5. The predicted octanol–water partition coefficient (Wildman–Crippen LogP) is 3.80. The Kier molecular flexibility index (Phi) is 4.18. The second kappa shape index (κ2) is 6.24. The minimum absolute atomic E-state index is 0.00484. The van der Waals surface area contributed by atoms with Gasteiger partial charge in [0.25, 0.3) is 0 Å². The van der Waals surface area contributed by atoms with Gasteiger partial charge in [-0.2, -0.15) is 0 Å². The first-order valence-corrected chi connectivity index (χ1v) is 9.56. The van der Waals surface area contributed by atoms with E-state index < -0.39 is 0 Å². The highest BCUT2D eigenvalue weighted by Gasteiger charge is 2.32. The van der Waals surface area contributed by atoms with E-state index in [0.29, 0.717) is 5.92 Å². The highest BCUT2D eigenvalue weighted by Crippen LogP contribution is 2.36. The molecule has 0 spiro atoms. The van der Waals surface area contributed by atoms with Crippen molar-refractivity contribution in [2.24, 2.45) is 0 Å². The van der Waals surface area contributed by atoms with Crippen molar-refractivity contribution in [3.8, 4) is 0 Å². The first kappa shape index (κ1) is 16.8. The lowest BCUT2D eigenvalue weighted by Crippen LogP contribution is -2.37. The summed E-state index contributed by atoms with van der Waals surface area (Å²) in [5, 5.41) is 13.4. The average molecular weight is 343 g/mol. The molecule has 1 aliphatic carbocycles. The fourth-order valence-electron chi connectivity index (χ4n) is 4.10. The number of aromatic nitrogens is 4. The van der Waals surface area contributed by atoms with Crippen LogP contribution in [0.25, 0.3) is 0 Å². The standard InChI is InChI=1S/C19H29N5O/c1-13-17-20-21-18(14-7-5-6-8-14)24(17)10-9-23(13)12-15-11-16(25-22-15)19(2,3)4/h11,13-14H,5-10,12H2,1-4H3. The van der Waals surface area contributed by atoms with Gasteiger partial charge in [0, 0.05) is 37.0 Å². The van der Waals surface area contributed by atoms with E-state index in [4.69, 9.17) is 4.52 Å². The number of rotatable bonds is 3. The van der Waals surface area contributed by atoms with Gasteiger partial charge in [0.1, 0.15) is 17.4 Å². The molecule has 6 heteroatoms. The van der Waals surface area contributed by atoms with Crippen molar-refractivity contribution in [3.05, 3.63) is 29.2 Å². The molecule has 4 rings (SSSR count). The van der Waals surface area contributed by atoms with E-state index in [9.17, 15) is 0 Å². The third kappa shape index (κ3) is 3.12. The third-order valence-electron chi connectivity index (χ3n) is 5.72. The first-order valence-electron chi connectivity index (χ1n) is 9.56. The monoisotopic (exact) mass is 343 g/mol. The number of hydrogen-bond acceptors (Lipinski definition) is 5. The summed E-state index contributed by atoms with van der Waals surface area (Å²) in [5.41, 5.74) is 0.996. The second-order valence-electron chi connectivity index (χ2n) is 8.63. The normalized spacial score (nSPS) is 22.5. The van der Waals surface area contributed by atoms with Gasteiger partial charge in [-0.05, 0) is 19.8 Å². The van der Waals surface area contributed by atoms with Gasteiger partial charge >= 0.3 is 0 Å². The molecule has 1 unspecified atom stereocenters. The number of fused-ring (bicyclic) bond motifs is 1. The summed E-state index contributed by atoms with van der Waals surface area (Å²) < 4.78 is 7.91. The predicted molar refractivity (Wildman–Crippen MR) is 95.3 cm³/mol. The Morgan fingerprint density at radius 2 is 1.84 bits per heavy atom. The molecule has 1 atom stereocenters. The minimum atomic E-state index is -0.00484. The average Bonchev–Trinajstić information content (AvgIpc) is 3.28. The topological polar surface area (TPSA) is 60.0 Å². The van der Waals surface area contributed by atoms with E-state index >= 15 is 0 Å². The summed E-state index contributed by atoms with van der Waals surface area (Å²) >= 11 is 0. The van der Waals surface area contributed by atoms with E-state index in [0.717, 1.165) is 36.9 Å². The third-order valence-corrected chi connectivity index (χ3v) is 5.72. The van der Waals surface area contributed by atoms with Gasteiger partial charge in [0.15, 0.2) is 0 Å². The number of nitrogens with zero attached hydrogens (tertiary/aromatic N) is 5. The molecule has 0 bridgehead atoms. The van der Waals surface area contributed by atoms with Crippen LogP contribution in [0, 0.1) is 0 Å². The summed E-state index contributed by atoms with van der Waals surface area (Å²) in [4.78, 5) is 2.42. The van der Waals surface area contributed by atoms with Crippen LogP contribution in [0.2, 0.25) is 0 Å². The van der Waals surface area contributed by atoms with Crippen molar-refractivity contribution in [2.45, 2.75) is 83.8 Å². The molecule has 136 valence electrons. The zero-order chi connectivity index (χ0) is 17.6. The second-order valence-corrected chi connectivity index (χ2v) is 8.63. The summed E-state index contributed by atoms with van der Waals surface area (Å²) in [7, 11) is 0. The van der Waals surface area contributed by atoms with Gasteiger partial charge in [-0.1, -0.05) is 38.8 Å². The van der Waals surface area contributed by atoms with Gasteiger partial charge in [-0.15, -0.1) is 10.2 Å². The maximum Gasteiger partial charge on any atom is 0.150 e. The van der Waals surface area contributed by atoms with E-state index in [2.05, 4.69) is 58.6 Å². The Morgan fingerprint density at radius 1 is 1.12 bits per heavy atom. The summed E-state index contributed by atoms with van der Waals surface area (Å²) in [6.45, 7) is 11.4. The van der Waals surface area contributed by atoms with Gasteiger partial charge in [-0.25, -0.2) is 0 Å². The van der Waals surface area contributed by atoms with E-state index in [1.54, 1.807) is 0 Å². The van der Waals surface area contributed by atoms with Crippen molar-refractivity contribution in [1.82, 2.24) is 24.8 Å². The zero-order valence-electron chi connectivity index (χ0n) is 15.8. The Hall–Kier alpha value is -1.69. The molecule has 2 aromatic heterocycles. The Balaban J connectivity index is 1.50. The first-order chi connectivity index (χ1) is 11.9. The molecule has 3 heterocycles. The molecule has 0 saturated heterocycles. The molecule has 0 amide bonds. The van der Waals surface area contributed by atoms with Gasteiger partial charge in [0.05, 0.1) is 11.7 Å². The Morgan fingerprint density at radius 3 is 2.52 bits per heavy atom. The molecule has 2 aromatic rings. The van der Waals surface area contributed by atoms with Crippen molar-refractivity contribution in [3.63, 3.8) is 0 Å². The van der Waals surface area contributed by atoms with Gasteiger partial charge < -0.3 is 9.09 Å². The smallest absolute Gasteiger partial charge is 0.150 e. The van der Waals surface area contributed by atoms with Crippen LogP contribution in [0.3, 0.4) is 0 Å². The van der Waals surface area contributed by atoms with Crippen molar-refractivity contribution in [1.29, 1.82) is 0 Å². The molecule has 1 aliphatic heterocycles. The SMILES string of the molecule is CC1c2nnc(C3CCCC3)n2CCN1Cc1cc(C(C)(C)C)on1. The lowest BCUT2D eigenvalue weighted by Gasteiger charge is -2.33. The fraction of sp³-hybridized carbons (Fsp3) is 0.737. The lowest BCUT2D eigenvalue weighted by molar-refractivity contribution is 0.150. The molecule has 0 radical (unpaired) electrons. The quantitative estimate of drug-likeness (QED) is 0.848. The van der Waals surface area contributed by atoms with Crippen LogP contribution in [0.5, 0.6) is 0 Å². The summed E-state index contributed by atoms with van der Waals surface area (Å²) in [6, 6.07) is 2.35. The van der Waals surface area contributed by atoms with Crippen LogP contribution in [0.1, 0.15) is 88.4 Å². The van der Waals surface area contributed by atoms with Crippen LogP contribution in [-0.4, -0.2) is 31.4 Å². The maximum atomic E-state index is 5.54. The van der Waals surface area contributed by atoms with E-state index in [1.165, 1.54) is 31.5 Å². The Bertz CT molecular complexity index is 735. The van der Waals surface area contributed by atoms with Gasteiger partial charge in [0.2, 0.25) is 0 Å².